The molecule has 2 aromatic rings. The second-order valence-electron chi connectivity index (χ2n) is 7.49. The first-order valence-corrected chi connectivity index (χ1v) is 8.92. The van der Waals surface area contributed by atoms with Gasteiger partial charge in [-0.1, -0.05) is 17.3 Å². The van der Waals surface area contributed by atoms with Crippen LogP contribution < -0.4 is 0 Å². The minimum atomic E-state index is 0.116. The van der Waals surface area contributed by atoms with Gasteiger partial charge in [-0.15, -0.1) is 0 Å². The Morgan fingerprint density at radius 3 is 2.58 bits per heavy atom. The SMILES string of the molecule is Cc1noc2nc(C3CC3)cc(C(=O)N3C[C@@H]4CC=CC[C@H]4C3)c12. The van der Waals surface area contributed by atoms with Gasteiger partial charge in [0.05, 0.1) is 16.6 Å². The van der Waals surface area contributed by atoms with Crippen LogP contribution in [0.15, 0.2) is 22.7 Å². The molecule has 1 saturated carbocycles. The Balaban J connectivity index is 1.53. The van der Waals surface area contributed by atoms with Gasteiger partial charge in [0.15, 0.2) is 0 Å². The number of aryl methyl sites for hydroxylation is 1. The Morgan fingerprint density at radius 2 is 1.92 bits per heavy atom. The summed E-state index contributed by atoms with van der Waals surface area (Å²) in [4.78, 5) is 19.9. The molecule has 1 saturated heterocycles. The van der Waals surface area contributed by atoms with Crippen molar-refractivity contribution in [1.29, 1.82) is 0 Å². The van der Waals surface area contributed by atoms with Crippen LogP contribution in [0.25, 0.3) is 11.1 Å². The summed E-state index contributed by atoms with van der Waals surface area (Å²) in [5.74, 6) is 1.83. The molecule has 0 unspecified atom stereocenters. The number of pyridine rings is 1. The number of rotatable bonds is 2. The van der Waals surface area contributed by atoms with Crippen molar-refractivity contribution in [3.8, 4) is 0 Å². The van der Waals surface area contributed by atoms with Gasteiger partial charge in [-0.25, -0.2) is 4.98 Å². The topological polar surface area (TPSA) is 59.2 Å². The molecule has 3 heterocycles. The van der Waals surface area contributed by atoms with E-state index >= 15 is 0 Å². The maximum absolute atomic E-state index is 13.3. The second-order valence-corrected chi connectivity index (χ2v) is 7.49. The van der Waals surface area contributed by atoms with Crippen LogP contribution in [0.1, 0.15) is 53.3 Å². The molecule has 1 amide bonds. The molecule has 5 nitrogen and oxygen atoms in total. The summed E-state index contributed by atoms with van der Waals surface area (Å²) in [6, 6.07) is 1.99. The van der Waals surface area contributed by atoms with Crippen LogP contribution in [-0.4, -0.2) is 34.0 Å². The number of nitrogens with zero attached hydrogens (tertiary/aromatic N) is 3. The average molecular weight is 323 g/mol. The van der Waals surface area contributed by atoms with Gasteiger partial charge < -0.3 is 9.42 Å². The van der Waals surface area contributed by atoms with Crippen molar-refractivity contribution in [2.75, 3.05) is 13.1 Å². The van der Waals surface area contributed by atoms with E-state index in [0.29, 0.717) is 23.5 Å². The van der Waals surface area contributed by atoms with Crippen LogP contribution in [0.3, 0.4) is 0 Å². The molecule has 0 radical (unpaired) electrons. The Kier molecular flexibility index (Phi) is 3.05. The van der Waals surface area contributed by atoms with Crippen LogP contribution in [0.4, 0.5) is 0 Å². The monoisotopic (exact) mass is 323 g/mol. The minimum Gasteiger partial charge on any atom is -0.338 e. The van der Waals surface area contributed by atoms with Crippen molar-refractivity contribution < 1.29 is 9.32 Å². The van der Waals surface area contributed by atoms with E-state index in [4.69, 9.17) is 4.52 Å². The van der Waals surface area contributed by atoms with E-state index in [1.54, 1.807) is 0 Å². The molecule has 0 bridgehead atoms. The van der Waals surface area contributed by atoms with Crippen LogP contribution in [0.5, 0.6) is 0 Å². The first-order valence-electron chi connectivity index (χ1n) is 8.92. The zero-order valence-electron chi connectivity index (χ0n) is 13.9. The summed E-state index contributed by atoms with van der Waals surface area (Å²) < 4.78 is 5.37. The Labute approximate surface area is 140 Å². The molecular formula is C19H21N3O2. The molecule has 5 rings (SSSR count). The van der Waals surface area contributed by atoms with Crippen molar-refractivity contribution in [3.05, 3.63) is 35.2 Å². The van der Waals surface area contributed by atoms with Crippen LogP contribution in [0, 0.1) is 18.8 Å². The van der Waals surface area contributed by atoms with Gasteiger partial charge in [0.2, 0.25) is 0 Å². The summed E-state index contributed by atoms with van der Waals surface area (Å²) in [6.07, 6.45) is 9.02. The molecule has 24 heavy (non-hydrogen) atoms. The molecule has 2 atom stereocenters. The first kappa shape index (κ1) is 14.2. The summed E-state index contributed by atoms with van der Waals surface area (Å²) in [5.41, 5.74) is 2.98. The molecule has 5 heteroatoms. The Bertz CT molecular complexity index is 834. The second kappa shape index (κ2) is 5.16. The Morgan fingerprint density at radius 1 is 1.21 bits per heavy atom. The lowest BCUT2D eigenvalue weighted by Crippen LogP contribution is -2.29. The summed E-state index contributed by atoms with van der Waals surface area (Å²) in [5, 5.41) is 4.83. The maximum atomic E-state index is 13.3. The molecule has 1 aliphatic heterocycles. The van der Waals surface area contributed by atoms with Gasteiger partial charge in [-0.05, 0) is 50.5 Å². The smallest absolute Gasteiger partial charge is 0.259 e. The molecular weight excluding hydrogens is 302 g/mol. The number of carbonyl (C=O) groups excluding carboxylic acids is 1. The van der Waals surface area contributed by atoms with Gasteiger partial charge in [0.1, 0.15) is 0 Å². The largest absolute Gasteiger partial charge is 0.338 e. The number of fused-ring (bicyclic) bond motifs is 2. The molecule has 3 aliphatic rings. The van der Waals surface area contributed by atoms with Crippen molar-refractivity contribution in [2.24, 2.45) is 11.8 Å². The third kappa shape index (κ3) is 2.18. The van der Waals surface area contributed by atoms with Crippen molar-refractivity contribution in [1.82, 2.24) is 15.0 Å². The third-order valence-electron chi connectivity index (χ3n) is 5.77. The van der Waals surface area contributed by atoms with E-state index in [9.17, 15) is 4.79 Å². The maximum Gasteiger partial charge on any atom is 0.259 e. The average Bonchev–Trinajstić information content (AvgIpc) is 3.26. The predicted molar refractivity (Wildman–Crippen MR) is 89.8 cm³/mol. The normalized spacial score (nSPS) is 26.1. The number of hydrogen-bond acceptors (Lipinski definition) is 4. The van der Waals surface area contributed by atoms with E-state index in [1.165, 1.54) is 0 Å². The third-order valence-corrected chi connectivity index (χ3v) is 5.77. The lowest BCUT2D eigenvalue weighted by Gasteiger charge is -2.17. The highest BCUT2D eigenvalue weighted by Crippen LogP contribution is 2.41. The zero-order chi connectivity index (χ0) is 16.3. The number of amides is 1. The molecule has 0 spiro atoms. The standard InChI is InChI=1S/C19H21N3O2/c1-11-17-15(8-16(12-6-7-12)20-18(17)24-21-11)19(23)22-9-13-4-2-3-5-14(13)10-22/h2-3,8,12-14H,4-7,9-10H2,1H3/t13-,14-/m0/s1. The van der Waals surface area contributed by atoms with E-state index in [1.807, 2.05) is 17.9 Å². The van der Waals surface area contributed by atoms with Gasteiger partial charge in [0.25, 0.3) is 11.6 Å². The molecule has 2 aromatic heterocycles. The molecule has 0 N–H and O–H groups in total. The van der Waals surface area contributed by atoms with Crippen LogP contribution >= 0.6 is 0 Å². The fourth-order valence-corrected chi connectivity index (χ4v) is 4.22. The van der Waals surface area contributed by atoms with E-state index in [0.717, 1.165) is 61.1 Å². The van der Waals surface area contributed by atoms with Gasteiger partial charge in [0, 0.05) is 24.7 Å². The van der Waals surface area contributed by atoms with E-state index in [2.05, 4.69) is 22.3 Å². The highest BCUT2D eigenvalue weighted by molar-refractivity contribution is 6.06. The van der Waals surface area contributed by atoms with E-state index < -0.39 is 0 Å². The van der Waals surface area contributed by atoms with Crippen LogP contribution in [-0.2, 0) is 0 Å². The van der Waals surface area contributed by atoms with Gasteiger partial charge in [-0.3, -0.25) is 4.79 Å². The minimum absolute atomic E-state index is 0.116. The van der Waals surface area contributed by atoms with Crippen molar-refractivity contribution >= 4 is 17.0 Å². The predicted octanol–water partition coefficient (Wildman–Crippen LogP) is 3.45. The number of likely N-dealkylation sites (tertiary alicyclic amines) is 1. The number of allylic oxidation sites excluding steroid dienone is 2. The van der Waals surface area contributed by atoms with Crippen molar-refractivity contribution in [3.63, 3.8) is 0 Å². The van der Waals surface area contributed by atoms with Gasteiger partial charge in [-0.2, -0.15) is 0 Å². The summed E-state index contributed by atoms with van der Waals surface area (Å²) >= 11 is 0. The quantitative estimate of drug-likeness (QED) is 0.794. The zero-order valence-corrected chi connectivity index (χ0v) is 13.9. The van der Waals surface area contributed by atoms with Crippen LogP contribution in [0.2, 0.25) is 0 Å². The molecule has 124 valence electrons. The number of aromatic nitrogens is 2. The lowest BCUT2D eigenvalue weighted by molar-refractivity contribution is 0.0786. The highest BCUT2D eigenvalue weighted by atomic mass is 16.5. The molecule has 0 aromatic carbocycles. The summed E-state index contributed by atoms with van der Waals surface area (Å²) in [7, 11) is 0. The first-order chi connectivity index (χ1) is 11.7. The lowest BCUT2D eigenvalue weighted by atomic mass is 9.86. The fraction of sp³-hybridized carbons (Fsp3) is 0.526. The number of carbonyl (C=O) groups is 1. The summed E-state index contributed by atoms with van der Waals surface area (Å²) in [6.45, 7) is 3.61. The van der Waals surface area contributed by atoms with Gasteiger partial charge >= 0.3 is 0 Å². The molecule has 2 fully saturated rings. The van der Waals surface area contributed by atoms with Crippen molar-refractivity contribution in [2.45, 2.75) is 38.5 Å². The highest BCUT2D eigenvalue weighted by Gasteiger charge is 2.37. The van der Waals surface area contributed by atoms with E-state index in [-0.39, 0.29) is 5.91 Å². The fourth-order valence-electron chi connectivity index (χ4n) is 4.22. The molecule has 2 aliphatic carbocycles. The number of hydrogen-bond donors (Lipinski definition) is 0. The Hall–Kier alpha value is -2.17.